The lowest BCUT2D eigenvalue weighted by Gasteiger charge is -2.43. The second kappa shape index (κ2) is 13.3. The van der Waals surface area contributed by atoms with E-state index in [2.05, 4.69) is 22.1 Å². The second-order valence-electron chi connectivity index (χ2n) is 10.7. The molecule has 4 atom stereocenters. The summed E-state index contributed by atoms with van der Waals surface area (Å²) in [6.07, 6.45) is 8.82. The molecule has 0 aliphatic carbocycles. The summed E-state index contributed by atoms with van der Waals surface area (Å²) in [5, 5.41) is 12.5. The summed E-state index contributed by atoms with van der Waals surface area (Å²) in [5.41, 5.74) is 3.99. The van der Waals surface area contributed by atoms with Crippen molar-refractivity contribution in [1.82, 2.24) is 9.88 Å². The Morgan fingerprint density at radius 1 is 0.974 bits per heavy atom. The number of nitrogens with one attached hydrogen (secondary N) is 1. The molecule has 5 rings (SSSR count). The lowest BCUT2D eigenvalue weighted by Crippen LogP contribution is -2.45. The summed E-state index contributed by atoms with van der Waals surface area (Å²) in [6, 6.07) is 19.2. The number of carbonyl (C=O) groups is 1. The standard InChI is InChI=1S/C32H39N3O4/c1-23-29(21-35-17-5-3-2-4-6-18-35)38-32(39-30(23)25-14-12-24(22-36)13-15-25)26-9-7-11-28(19-26)34-31(37)27-10-8-16-33-20-27/h7-16,19-20,23,29-30,32,36H,2-6,17-18,21-22H2,1H3,(H,34,37)/t23-,29+,30+,32+/m1/s1. The van der Waals surface area contributed by atoms with Crippen LogP contribution >= 0.6 is 0 Å². The number of nitrogens with zero attached hydrogens (tertiary/aromatic N) is 2. The number of amides is 1. The maximum Gasteiger partial charge on any atom is 0.257 e. The van der Waals surface area contributed by atoms with E-state index in [1.54, 1.807) is 24.5 Å². The first kappa shape index (κ1) is 27.5. The number of benzene rings is 2. The number of likely N-dealkylation sites (tertiary alicyclic amines) is 1. The highest BCUT2D eigenvalue weighted by atomic mass is 16.7. The van der Waals surface area contributed by atoms with Gasteiger partial charge in [0.05, 0.1) is 24.4 Å². The molecule has 0 saturated carbocycles. The third-order valence-corrected chi connectivity index (χ3v) is 7.85. The van der Waals surface area contributed by atoms with E-state index in [-0.39, 0.29) is 30.6 Å². The Morgan fingerprint density at radius 3 is 2.46 bits per heavy atom. The number of aliphatic hydroxyl groups excluding tert-OH is 1. The zero-order chi connectivity index (χ0) is 27.0. The van der Waals surface area contributed by atoms with Crippen molar-refractivity contribution in [3.05, 3.63) is 95.3 Å². The van der Waals surface area contributed by atoms with Gasteiger partial charge in [0, 0.05) is 36.1 Å². The molecule has 3 heterocycles. The van der Waals surface area contributed by atoms with Gasteiger partial charge in [-0.2, -0.15) is 0 Å². The lowest BCUT2D eigenvalue weighted by atomic mass is 9.89. The van der Waals surface area contributed by atoms with Crippen molar-refractivity contribution in [3.8, 4) is 0 Å². The van der Waals surface area contributed by atoms with E-state index in [0.717, 1.165) is 36.3 Å². The summed E-state index contributed by atoms with van der Waals surface area (Å²) in [5.74, 6) is -0.0729. The number of rotatable bonds is 7. The zero-order valence-electron chi connectivity index (χ0n) is 22.7. The molecule has 1 aromatic heterocycles. The third-order valence-electron chi connectivity index (χ3n) is 7.85. The number of ether oxygens (including phenoxy) is 2. The van der Waals surface area contributed by atoms with Gasteiger partial charge >= 0.3 is 0 Å². The van der Waals surface area contributed by atoms with E-state index >= 15 is 0 Å². The van der Waals surface area contributed by atoms with E-state index in [9.17, 15) is 9.90 Å². The number of pyridine rings is 1. The fourth-order valence-corrected chi connectivity index (χ4v) is 5.54. The van der Waals surface area contributed by atoms with Crippen molar-refractivity contribution in [2.24, 2.45) is 5.92 Å². The molecule has 7 nitrogen and oxygen atoms in total. The van der Waals surface area contributed by atoms with Crippen molar-refractivity contribution >= 4 is 11.6 Å². The molecule has 0 unspecified atom stereocenters. The molecule has 2 aliphatic rings. The van der Waals surface area contributed by atoms with E-state index < -0.39 is 6.29 Å². The van der Waals surface area contributed by atoms with Crippen LogP contribution in [0, 0.1) is 5.92 Å². The Bertz CT molecular complexity index is 1200. The summed E-state index contributed by atoms with van der Waals surface area (Å²) < 4.78 is 13.3. The molecule has 39 heavy (non-hydrogen) atoms. The minimum Gasteiger partial charge on any atom is -0.392 e. The summed E-state index contributed by atoms with van der Waals surface area (Å²) in [7, 11) is 0. The Labute approximate surface area is 231 Å². The fraction of sp³-hybridized carbons (Fsp3) is 0.438. The number of anilines is 1. The van der Waals surface area contributed by atoms with Crippen molar-refractivity contribution < 1.29 is 19.4 Å². The average Bonchev–Trinajstić information content (AvgIpc) is 2.96. The van der Waals surface area contributed by atoms with Gasteiger partial charge in [0.1, 0.15) is 0 Å². The first-order valence-electron chi connectivity index (χ1n) is 14.1. The van der Waals surface area contributed by atoms with Crippen LogP contribution in [-0.2, 0) is 16.1 Å². The molecule has 0 spiro atoms. The maximum absolute atomic E-state index is 12.7. The van der Waals surface area contributed by atoms with E-state index in [1.165, 1.54) is 32.1 Å². The number of carbonyl (C=O) groups excluding carboxylic acids is 1. The van der Waals surface area contributed by atoms with Gasteiger partial charge in [0.25, 0.3) is 5.91 Å². The van der Waals surface area contributed by atoms with Crippen molar-refractivity contribution in [3.63, 3.8) is 0 Å². The predicted molar refractivity (Wildman–Crippen MR) is 151 cm³/mol. The van der Waals surface area contributed by atoms with Crippen LogP contribution in [0.25, 0.3) is 0 Å². The van der Waals surface area contributed by atoms with Gasteiger partial charge in [-0.1, -0.05) is 62.6 Å². The minimum absolute atomic E-state index is 0.0145. The monoisotopic (exact) mass is 529 g/mol. The maximum atomic E-state index is 12.7. The van der Waals surface area contributed by atoms with Gasteiger partial charge < -0.3 is 24.8 Å². The Hall–Kier alpha value is -3.10. The van der Waals surface area contributed by atoms with Crippen LogP contribution in [0.15, 0.2) is 73.1 Å². The summed E-state index contributed by atoms with van der Waals surface area (Å²) in [4.78, 5) is 19.3. The number of aliphatic hydroxyl groups is 1. The minimum atomic E-state index is -0.571. The molecule has 1 amide bonds. The van der Waals surface area contributed by atoms with E-state index in [1.807, 2.05) is 48.5 Å². The second-order valence-corrected chi connectivity index (χ2v) is 10.7. The molecular weight excluding hydrogens is 490 g/mol. The quantitative estimate of drug-likeness (QED) is 0.397. The third kappa shape index (κ3) is 7.11. The smallest absolute Gasteiger partial charge is 0.257 e. The first-order valence-corrected chi connectivity index (χ1v) is 14.1. The van der Waals surface area contributed by atoms with Crippen LogP contribution in [0.1, 0.15) is 78.5 Å². The van der Waals surface area contributed by atoms with Gasteiger partial charge in [-0.15, -0.1) is 0 Å². The highest BCUT2D eigenvalue weighted by molar-refractivity contribution is 6.04. The molecule has 2 aliphatic heterocycles. The molecule has 3 aromatic rings. The van der Waals surface area contributed by atoms with E-state index in [0.29, 0.717) is 11.3 Å². The van der Waals surface area contributed by atoms with Crippen LogP contribution in [0.4, 0.5) is 5.69 Å². The Kier molecular flexibility index (Phi) is 9.37. The van der Waals surface area contributed by atoms with Crippen LogP contribution in [0.3, 0.4) is 0 Å². The summed E-state index contributed by atoms with van der Waals surface area (Å²) >= 11 is 0. The molecule has 2 N–H and O–H groups in total. The van der Waals surface area contributed by atoms with Crippen molar-refractivity contribution in [1.29, 1.82) is 0 Å². The Morgan fingerprint density at radius 2 is 1.74 bits per heavy atom. The highest BCUT2D eigenvalue weighted by Gasteiger charge is 2.39. The number of aromatic nitrogens is 1. The first-order chi connectivity index (χ1) is 19.1. The molecular formula is C32H39N3O4. The topological polar surface area (TPSA) is 83.9 Å². The van der Waals surface area contributed by atoms with Crippen LogP contribution in [0.2, 0.25) is 0 Å². The van der Waals surface area contributed by atoms with Gasteiger partial charge in [0.2, 0.25) is 0 Å². The largest absolute Gasteiger partial charge is 0.392 e. The summed E-state index contributed by atoms with van der Waals surface area (Å²) in [6.45, 7) is 5.29. The number of hydrogen-bond acceptors (Lipinski definition) is 6. The van der Waals surface area contributed by atoms with Crippen molar-refractivity contribution in [2.75, 3.05) is 25.0 Å². The molecule has 7 heteroatoms. The van der Waals surface area contributed by atoms with Crippen LogP contribution in [-0.4, -0.2) is 46.6 Å². The molecule has 2 aromatic carbocycles. The predicted octanol–water partition coefficient (Wildman–Crippen LogP) is 5.88. The average molecular weight is 530 g/mol. The van der Waals surface area contributed by atoms with Crippen molar-refractivity contribution in [2.45, 2.75) is 64.1 Å². The number of hydrogen-bond donors (Lipinski definition) is 2. The SMILES string of the molecule is C[C@@H]1[C@H](CN2CCCCCCC2)O[C@H](c2cccc(NC(=O)c3cccnc3)c2)O[C@@H]1c1ccc(CO)cc1. The van der Waals surface area contributed by atoms with Crippen LogP contribution in [0.5, 0.6) is 0 Å². The molecule has 0 radical (unpaired) electrons. The highest BCUT2D eigenvalue weighted by Crippen LogP contribution is 2.42. The molecule has 0 bridgehead atoms. The fourth-order valence-electron chi connectivity index (χ4n) is 5.54. The van der Waals surface area contributed by atoms with Crippen LogP contribution < -0.4 is 5.32 Å². The van der Waals surface area contributed by atoms with Gasteiger partial charge in [-0.3, -0.25) is 9.78 Å². The van der Waals surface area contributed by atoms with Gasteiger partial charge in [-0.05, 0) is 61.3 Å². The molecule has 2 saturated heterocycles. The Balaban J connectivity index is 1.38. The molecule has 2 fully saturated rings. The normalized spacial score (nSPS) is 24.5. The van der Waals surface area contributed by atoms with Gasteiger partial charge in [0.15, 0.2) is 6.29 Å². The van der Waals surface area contributed by atoms with Gasteiger partial charge in [-0.25, -0.2) is 0 Å². The molecule has 206 valence electrons. The lowest BCUT2D eigenvalue weighted by molar-refractivity contribution is -0.276. The van der Waals surface area contributed by atoms with E-state index in [4.69, 9.17) is 9.47 Å². The zero-order valence-corrected chi connectivity index (χ0v) is 22.7.